The van der Waals surface area contributed by atoms with E-state index in [1.807, 2.05) is 18.2 Å². The first kappa shape index (κ1) is 21.1. The molecule has 1 aromatic heterocycles. The highest BCUT2D eigenvalue weighted by atomic mass is 127. The lowest BCUT2D eigenvalue weighted by Gasteiger charge is -2.41. The van der Waals surface area contributed by atoms with E-state index < -0.39 is 0 Å². The summed E-state index contributed by atoms with van der Waals surface area (Å²) in [6, 6.07) is 16.6. The molecule has 1 fully saturated rings. The number of benzene rings is 2. The number of ether oxygens (including phenoxy) is 2. The van der Waals surface area contributed by atoms with Crippen molar-refractivity contribution in [1.82, 2.24) is 20.1 Å². The molecule has 0 saturated carbocycles. The van der Waals surface area contributed by atoms with E-state index in [1.54, 1.807) is 7.11 Å². The van der Waals surface area contributed by atoms with Crippen LogP contribution in [0.2, 0.25) is 0 Å². The topological polar surface area (TPSA) is 83.2 Å². The Morgan fingerprint density at radius 3 is 2.80 bits per heavy atom. The van der Waals surface area contributed by atoms with Crippen LogP contribution in [0.4, 0.5) is 0 Å². The number of methoxy groups -OCH3 is 1. The van der Waals surface area contributed by atoms with E-state index in [-0.39, 0.29) is 17.8 Å². The summed E-state index contributed by atoms with van der Waals surface area (Å²) in [5, 5.41) is 6.55. The highest BCUT2D eigenvalue weighted by Gasteiger charge is 2.34. The number of nitrogens with one attached hydrogen (secondary N) is 2. The molecule has 2 heterocycles. The van der Waals surface area contributed by atoms with Gasteiger partial charge in [0, 0.05) is 3.57 Å². The van der Waals surface area contributed by atoms with E-state index in [2.05, 4.69) is 73.0 Å². The van der Waals surface area contributed by atoms with Crippen LogP contribution in [0.3, 0.4) is 0 Å². The number of piperidine rings is 1. The molecule has 30 heavy (non-hydrogen) atoms. The third kappa shape index (κ3) is 5.11. The van der Waals surface area contributed by atoms with E-state index in [0.717, 1.165) is 34.3 Å². The largest absolute Gasteiger partial charge is 0.497 e. The molecule has 0 bridgehead atoms. The van der Waals surface area contributed by atoms with Crippen LogP contribution < -0.4 is 10.4 Å². The molecule has 4 rings (SSSR count). The van der Waals surface area contributed by atoms with Crippen LogP contribution in [0, 0.1) is 3.57 Å². The highest BCUT2D eigenvalue weighted by molar-refractivity contribution is 14.1. The lowest BCUT2D eigenvalue weighted by Crippen LogP contribution is -2.42. The lowest BCUT2D eigenvalue weighted by molar-refractivity contribution is -0.0560. The minimum absolute atomic E-state index is 0.0377. The molecular weight excluding hydrogens is 495 g/mol. The van der Waals surface area contributed by atoms with Gasteiger partial charge in [-0.05, 0) is 71.3 Å². The number of rotatable bonds is 7. The Balaban J connectivity index is 1.55. The Morgan fingerprint density at radius 2 is 2.07 bits per heavy atom. The second-order valence-corrected chi connectivity index (χ2v) is 8.69. The van der Waals surface area contributed by atoms with Gasteiger partial charge in [0.25, 0.3) is 0 Å². The summed E-state index contributed by atoms with van der Waals surface area (Å²) in [5.74, 6) is 1.48. The summed E-state index contributed by atoms with van der Waals surface area (Å²) in [5.41, 5.74) is 2.03. The van der Waals surface area contributed by atoms with Crippen LogP contribution in [0.5, 0.6) is 5.75 Å². The zero-order valence-corrected chi connectivity index (χ0v) is 19.0. The standard InChI is InChI=1S/C22H25IN4O3/c1-29-18-11-15(10-17(23)12-18)14-30-19-8-5-9-27(13-20-24-22(28)26-25-20)21(19)16-6-3-2-4-7-16/h2-4,6-7,10-12,19,21H,5,8-9,13-14H2,1H3,(H2,24,25,26,28)/t19-,21-/m0/s1. The molecule has 0 unspecified atom stereocenters. The first-order chi connectivity index (χ1) is 14.6. The van der Waals surface area contributed by atoms with E-state index in [9.17, 15) is 4.79 Å². The van der Waals surface area contributed by atoms with E-state index in [0.29, 0.717) is 19.0 Å². The van der Waals surface area contributed by atoms with Gasteiger partial charge in [0.1, 0.15) is 11.6 Å². The first-order valence-electron chi connectivity index (χ1n) is 10.00. The number of hydrogen-bond donors (Lipinski definition) is 2. The second kappa shape index (κ2) is 9.76. The van der Waals surface area contributed by atoms with Crippen molar-refractivity contribution in [2.75, 3.05) is 13.7 Å². The smallest absolute Gasteiger partial charge is 0.340 e. The van der Waals surface area contributed by atoms with Crippen molar-refractivity contribution in [1.29, 1.82) is 0 Å². The molecule has 0 aliphatic carbocycles. The van der Waals surface area contributed by atoms with Crippen LogP contribution in [0.1, 0.15) is 35.8 Å². The molecule has 1 aliphatic heterocycles. The van der Waals surface area contributed by atoms with Crippen molar-refractivity contribution >= 4 is 22.6 Å². The first-order valence-corrected chi connectivity index (χ1v) is 11.1. The summed E-state index contributed by atoms with van der Waals surface area (Å²) in [4.78, 5) is 16.6. The average molecular weight is 520 g/mol. The Kier molecular flexibility index (Phi) is 6.86. The average Bonchev–Trinajstić information content (AvgIpc) is 3.17. The van der Waals surface area contributed by atoms with Gasteiger partial charge >= 0.3 is 5.69 Å². The van der Waals surface area contributed by atoms with Gasteiger partial charge < -0.3 is 9.47 Å². The maximum atomic E-state index is 11.5. The Hall–Kier alpha value is -2.17. The highest BCUT2D eigenvalue weighted by Crippen LogP contribution is 2.34. The number of hydrogen-bond acceptors (Lipinski definition) is 5. The molecule has 8 heteroatoms. The van der Waals surface area contributed by atoms with Gasteiger partial charge in [0.2, 0.25) is 0 Å². The molecule has 1 aliphatic rings. The number of likely N-dealkylation sites (tertiary alicyclic amines) is 1. The van der Waals surface area contributed by atoms with Crippen molar-refractivity contribution in [3.05, 3.63) is 79.5 Å². The Morgan fingerprint density at radius 1 is 1.23 bits per heavy atom. The number of nitrogens with zero attached hydrogens (tertiary/aromatic N) is 2. The van der Waals surface area contributed by atoms with Crippen LogP contribution in [-0.4, -0.2) is 39.8 Å². The number of halogens is 1. The number of H-pyrrole nitrogens is 2. The number of aromatic amines is 2. The monoisotopic (exact) mass is 520 g/mol. The fourth-order valence-corrected chi connectivity index (χ4v) is 4.76. The predicted octanol–water partition coefficient (Wildman–Crippen LogP) is 3.63. The molecule has 1 saturated heterocycles. The molecule has 0 spiro atoms. The normalized spacial score (nSPS) is 19.7. The summed E-state index contributed by atoms with van der Waals surface area (Å²) in [6.07, 6.45) is 2.04. The van der Waals surface area contributed by atoms with E-state index >= 15 is 0 Å². The fourth-order valence-electron chi connectivity index (χ4n) is 4.05. The molecule has 2 N–H and O–H groups in total. The molecule has 0 radical (unpaired) electrons. The third-order valence-corrected chi connectivity index (χ3v) is 5.98. The van der Waals surface area contributed by atoms with Crippen LogP contribution in [0.25, 0.3) is 0 Å². The minimum Gasteiger partial charge on any atom is -0.497 e. The molecule has 2 atom stereocenters. The Labute approximate surface area is 188 Å². The van der Waals surface area contributed by atoms with Gasteiger partial charge in [-0.15, -0.1) is 0 Å². The summed E-state index contributed by atoms with van der Waals surface area (Å²) in [7, 11) is 1.68. The molecule has 3 aromatic rings. The second-order valence-electron chi connectivity index (χ2n) is 7.44. The zero-order valence-electron chi connectivity index (χ0n) is 16.8. The maximum absolute atomic E-state index is 11.5. The molecule has 0 amide bonds. The summed E-state index contributed by atoms with van der Waals surface area (Å²) < 4.78 is 13.0. The van der Waals surface area contributed by atoms with Crippen molar-refractivity contribution < 1.29 is 9.47 Å². The Bertz CT molecular complexity index is 1020. The quantitative estimate of drug-likeness (QED) is 0.465. The van der Waals surface area contributed by atoms with Gasteiger partial charge in [-0.2, -0.15) is 5.10 Å². The van der Waals surface area contributed by atoms with Gasteiger partial charge in [0.15, 0.2) is 0 Å². The van der Waals surface area contributed by atoms with E-state index in [1.165, 1.54) is 5.56 Å². The van der Waals surface area contributed by atoms with Gasteiger partial charge in [-0.25, -0.2) is 9.89 Å². The van der Waals surface area contributed by atoms with E-state index in [4.69, 9.17) is 9.47 Å². The lowest BCUT2D eigenvalue weighted by atomic mass is 9.92. The summed E-state index contributed by atoms with van der Waals surface area (Å²) in [6.45, 7) is 2.01. The van der Waals surface area contributed by atoms with Crippen molar-refractivity contribution in [2.24, 2.45) is 0 Å². The maximum Gasteiger partial charge on any atom is 0.340 e. The van der Waals surface area contributed by atoms with Gasteiger partial charge in [-0.1, -0.05) is 30.3 Å². The SMILES string of the molecule is COc1cc(I)cc(CO[C@H]2CCCN(Cc3n[nH]c(=O)[nH]3)[C@H]2c2ccccc2)c1. The van der Waals surface area contributed by atoms with Gasteiger partial charge in [0.05, 0.1) is 32.4 Å². The van der Waals surface area contributed by atoms with Crippen molar-refractivity contribution in [3.8, 4) is 5.75 Å². The molecular formula is C22H25IN4O3. The molecule has 158 valence electrons. The van der Waals surface area contributed by atoms with Crippen LogP contribution in [0.15, 0.2) is 53.3 Å². The van der Waals surface area contributed by atoms with Crippen LogP contribution >= 0.6 is 22.6 Å². The van der Waals surface area contributed by atoms with Crippen molar-refractivity contribution in [3.63, 3.8) is 0 Å². The third-order valence-electron chi connectivity index (χ3n) is 5.35. The van der Waals surface area contributed by atoms with Crippen molar-refractivity contribution in [2.45, 2.75) is 38.1 Å². The summed E-state index contributed by atoms with van der Waals surface area (Å²) >= 11 is 2.30. The number of aromatic nitrogens is 3. The predicted molar refractivity (Wildman–Crippen MR) is 122 cm³/mol. The molecule has 2 aromatic carbocycles. The fraction of sp³-hybridized carbons (Fsp3) is 0.364. The minimum atomic E-state index is -0.279. The van der Waals surface area contributed by atoms with Gasteiger partial charge in [-0.3, -0.25) is 9.88 Å². The zero-order chi connectivity index (χ0) is 20.9. The molecule has 7 nitrogen and oxygen atoms in total. The van der Waals surface area contributed by atoms with Crippen LogP contribution in [-0.2, 0) is 17.9 Å².